The quantitative estimate of drug-likeness (QED) is 0.496. The molecule has 0 bridgehead atoms. The first-order valence-electron chi connectivity index (χ1n) is 6.72. The fourth-order valence-electron chi connectivity index (χ4n) is 2.14. The van der Waals surface area contributed by atoms with Crippen LogP contribution in [0.3, 0.4) is 0 Å². The van der Waals surface area contributed by atoms with Crippen LogP contribution in [0.1, 0.15) is 6.42 Å². The zero-order valence-electron chi connectivity index (χ0n) is 11.3. The lowest BCUT2D eigenvalue weighted by Crippen LogP contribution is -2.55. The summed E-state index contributed by atoms with van der Waals surface area (Å²) in [5, 5.41) is 12.4. The number of carbonyl (C=O) groups excluding carboxylic acids is 1. The minimum Gasteiger partial charge on any atom is -0.359 e. The zero-order chi connectivity index (χ0) is 13.5. The van der Waals surface area contributed by atoms with Crippen molar-refractivity contribution in [3.8, 4) is 0 Å². The Kier molecular flexibility index (Phi) is 5.17. The maximum atomic E-state index is 11.8. The van der Waals surface area contributed by atoms with Gasteiger partial charge in [0.1, 0.15) is 0 Å². The summed E-state index contributed by atoms with van der Waals surface area (Å²) in [6, 6.07) is -0.102. The molecule has 1 saturated heterocycles. The molecule has 1 aromatic heterocycles. The summed E-state index contributed by atoms with van der Waals surface area (Å²) in [5.74, 6) is 0.927. The lowest BCUT2D eigenvalue weighted by Gasteiger charge is -2.23. The van der Waals surface area contributed by atoms with Crippen molar-refractivity contribution in [2.24, 2.45) is 0 Å². The van der Waals surface area contributed by atoms with Crippen molar-refractivity contribution in [3.63, 3.8) is 0 Å². The summed E-state index contributed by atoms with van der Waals surface area (Å²) in [6.45, 7) is 4.00. The van der Waals surface area contributed by atoms with Crippen molar-refractivity contribution in [2.45, 2.75) is 19.0 Å². The molecule has 1 aliphatic heterocycles. The largest absolute Gasteiger partial charge is 0.359 e. The van der Waals surface area contributed by atoms with Crippen molar-refractivity contribution in [2.75, 3.05) is 38.5 Å². The highest BCUT2D eigenvalue weighted by molar-refractivity contribution is 5.82. The Hall–Kier alpha value is -1.60. The zero-order valence-corrected chi connectivity index (χ0v) is 11.3. The van der Waals surface area contributed by atoms with E-state index in [2.05, 4.69) is 26.3 Å². The van der Waals surface area contributed by atoms with Gasteiger partial charge in [0.2, 0.25) is 11.9 Å². The molecule has 0 saturated carbocycles. The number of hydrogen-bond donors (Lipinski definition) is 4. The Morgan fingerprint density at radius 3 is 3.21 bits per heavy atom. The fourth-order valence-corrected chi connectivity index (χ4v) is 2.14. The summed E-state index contributed by atoms with van der Waals surface area (Å²) < 4.78 is 2.03. The third-order valence-electron chi connectivity index (χ3n) is 3.17. The van der Waals surface area contributed by atoms with E-state index in [9.17, 15) is 4.79 Å². The van der Waals surface area contributed by atoms with E-state index < -0.39 is 0 Å². The van der Waals surface area contributed by atoms with Crippen molar-refractivity contribution >= 4 is 11.9 Å². The molecule has 2 heterocycles. The van der Waals surface area contributed by atoms with E-state index in [1.54, 1.807) is 6.20 Å². The topological polar surface area (TPSA) is 83.0 Å². The molecule has 19 heavy (non-hydrogen) atoms. The van der Waals surface area contributed by atoms with E-state index in [1.807, 2.05) is 17.8 Å². The molecule has 2 rings (SSSR count). The number of anilines is 1. The molecule has 0 spiro atoms. The van der Waals surface area contributed by atoms with Crippen molar-refractivity contribution in [1.82, 2.24) is 25.5 Å². The first-order valence-corrected chi connectivity index (χ1v) is 6.72. The number of nitrogens with zero attached hydrogens (tertiary/aromatic N) is 2. The number of rotatable bonds is 6. The highest BCUT2D eigenvalue weighted by Gasteiger charge is 2.19. The van der Waals surface area contributed by atoms with Crippen LogP contribution in [0.25, 0.3) is 0 Å². The summed E-state index contributed by atoms with van der Waals surface area (Å²) in [5.41, 5.74) is 0. The van der Waals surface area contributed by atoms with Crippen molar-refractivity contribution in [1.29, 1.82) is 0 Å². The van der Waals surface area contributed by atoms with Gasteiger partial charge in [-0.05, 0) is 6.42 Å². The van der Waals surface area contributed by atoms with Crippen LogP contribution in [-0.4, -0.2) is 54.7 Å². The second kappa shape index (κ2) is 7.10. The molecular weight excluding hydrogens is 244 g/mol. The van der Waals surface area contributed by atoms with E-state index in [1.165, 1.54) is 0 Å². The monoisotopic (exact) mass is 266 g/mol. The van der Waals surface area contributed by atoms with Crippen molar-refractivity contribution in [3.05, 3.63) is 12.4 Å². The second-order valence-corrected chi connectivity index (χ2v) is 4.55. The third-order valence-corrected chi connectivity index (χ3v) is 3.17. The summed E-state index contributed by atoms with van der Waals surface area (Å²) >= 11 is 0. The highest BCUT2D eigenvalue weighted by Crippen LogP contribution is 2.03. The number of carbonyl (C=O) groups is 1. The van der Waals surface area contributed by atoms with Crippen LogP contribution in [0.15, 0.2) is 12.4 Å². The molecule has 1 aromatic rings. The molecule has 4 N–H and O–H groups in total. The molecule has 1 amide bonds. The molecule has 1 unspecified atom stereocenters. The van der Waals surface area contributed by atoms with Gasteiger partial charge in [0, 0.05) is 52.2 Å². The first-order chi connectivity index (χ1) is 9.31. The van der Waals surface area contributed by atoms with Crippen LogP contribution in [0.4, 0.5) is 5.95 Å². The Bertz CT molecular complexity index is 399. The van der Waals surface area contributed by atoms with Gasteiger partial charge in [-0.3, -0.25) is 4.79 Å². The number of aryl methyl sites for hydroxylation is 1. The lowest BCUT2D eigenvalue weighted by molar-refractivity contribution is -0.123. The fraction of sp³-hybridized carbons (Fsp3) is 0.667. The average molecular weight is 266 g/mol. The van der Waals surface area contributed by atoms with Crippen LogP contribution in [0.5, 0.6) is 0 Å². The van der Waals surface area contributed by atoms with Gasteiger partial charge < -0.3 is 25.8 Å². The lowest BCUT2D eigenvalue weighted by atomic mass is 10.2. The number of hydrogen-bond acceptors (Lipinski definition) is 5. The summed E-state index contributed by atoms with van der Waals surface area (Å²) in [6.07, 6.45) is 4.58. The van der Waals surface area contributed by atoms with Gasteiger partial charge in [-0.25, -0.2) is 4.98 Å². The van der Waals surface area contributed by atoms with Crippen LogP contribution in [0, 0.1) is 0 Å². The average Bonchev–Trinajstić information content (AvgIpc) is 2.91. The maximum absolute atomic E-state index is 11.8. The number of imidazole rings is 1. The number of aromatic nitrogens is 2. The molecular formula is C12H22N6O. The first kappa shape index (κ1) is 13.8. The van der Waals surface area contributed by atoms with Crippen molar-refractivity contribution < 1.29 is 4.79 Å². The third kappa shape index (κ3) is 3.93. The van der Waals surface area contributed by atoms with E-state index in [0.29, 0.717) is 13.1 Å². The minimum absolute atomic E-state index is 0.0756. The molecule has 0 aliphatic carbocycles. The van der Waals surface area contributed by atoms with Gasteiger partial charge in [0.05, 0.1) is 6.04 Å². The second-order valence-electron chi connectivity index (χ2n) is 4.55. The van der Waals surface area contributed by atoms with Crippen LogP contribution < -0.4 is 21.3 Å². The minimum atomic E-state index is -0.102. The standard InChI is InChI=1S/C12H22N6O/c1-13-12-17-6-8-18(12)7-2-3-16-11(19)10-9-14-4-5-15-10/h6,8,10,14-15H,2-5,7,9H2,1H3,(H,13,17)(H,16,19). The number of nitrogens with one attached hydrogen (secondary N) is 4. The van der Waals surface area contributed by atoms with E-state index >= 15 is 0 Å². The van der Waals surface area contributed by atoms with Gasteiger partial charge >= 0.3 is 0 Å². The van der Waals surface area contributed by atoms with Crippen LogP contribution in [-0.2, 0) is 11.3 Å². The Labute approximate surface area is 113 Å². The van der Waals surface area contributed by atoms with Gasteiger partial charge in [0.15, 0.2) is 0 Å². The summed E-state index contributed by atoms with van der Waals surface area (Å²) in [7, 11) is 1.85. The van der Waals surface area contributed by atoms with E-state index in [-0.39, 0.29) is 11.9 Å². The predicted octanol–water partition coefficient (Wildman–Crippen LogP) is -1.01. The van der Waals surface area contributed by atoms with Gasteiger partial charge in [-0.1, -0.05) is 0 Å². The van der Waals surface area contributed by atoms with Gasteiger partial charge in [-0.2, -0.15) is 0 Å². The van der Waals surface area contributed by atoms with Crippen LogP contribution >= 0.6 is 0 Å². The Morgan fingerprint density at radius 1 is 1.58 bits per heavy atom. The molecule has 1 atom stereocenters. The summed E-state index contributed by atoms with van der Waals surface area (Å²) in [4.78, 5) is 16.0. The molecule has 7 nitrogen and oxygen atoms in total. The van der Waals surface area contributed by atoms with E-state index in [4.69, 9.17) is 0 Å². The predicted molar refractivity (Wildman–Crippen MR) is 74.1 cm³/mol. The van der Waals surface area contributed by atoms with Crippen LogP contribution in [0.2, 0.25) is 0 Å². The number of amides is 1. The maximum Gasteiger partial charge on any atom is 0.238 e. The normalized spacial score (nSPS) is 19.1. The van der Waals surface area contributed by atoms with Gasteiger partial charge in [0.25, 0.3) is 0 Å². The van der Waals surface area contributed by atoms with Gasteiger partial charge in [-0.15, -0.1) is 0 Å². The molecule has 106 valence electrons. The Morgan fingerprint density at radius 2 is 2.47 bits per heavy atom. The van der Waals surface area contributed by atoms with E-state index in [0.717, 1.165) is 32.0 Å². The SMILES string of the molecule is CNc1nccn1CCCNC(=O)C1CNCCN1. The molecule has 7 heteroatoms. The highest BCUT2D eigenvalue weighted by atomic mass is 16.2. The molecule has 1 fully saturated rings. The smallest absolute Gasteiger partial charge is 0.238 e. The Balaban J connectivity index is 1.65. The molecule has 0 aromatic carbocycles. The molecule has 0 radical (unpaired) electrons. The number of piperazine rings is 1. The molecule has 1 aliphatic rings.